The number of benzene rings is 1. The maximum atomic E-state index is 8.78. The topological polar surface area (TPSA) is 62.5 Å². The quantitative estimate of drug-likeness (QED) is 0.856. The Hall–Kier alpha value is -1.44. The molecule has 0 fully saturated rings. The fourth-order valence-electron chi connectivity index (χ4n) is 1.18. The lowest BCUT2D eigenvalue weighted by Gasteiger charge is -2.12. The van der Waals surface area contributed by atoms with E-state index < -0.39 is 0 Å². The van der Waals surface area contributed by atoms with Crippen LogP contribution in [0.15, 0.2) is 12.1 Å². The molecule has 0 heterocycles. The summed E-state index contributed by atoms with van der Waals surface area (Å²) < 4.78 is 10.6. The molecular formula is C11H12ClNO3. The molecule has 0 saturated heterocycles. The second kappa shape index (κ2) is 6.21. The first-order valence-corrected chi connectivity index (χ1v) is 5.20. The molecule has 0 aliphatic heterocycles. The Morgan fingerprint density at radius 3 is 2.75 bits per heavy atom. The summed E-state index contributed by atoms with van der Waals surface area (Å²) in [7, 11) is 0. The number of ether oxygens (including phenoxy) is 2. The van der Waals surface area contributed by atoms with Gasteiger partial charge in [-0.15, -0.1) is 0 Å². The van der Waals surface area contributed by atoms with Gasteiger partial charge in [0.1, 0.15) is 6.61 Å². The molecule has 4 nitrogen and oxygen atoms in total. The van der Waals surface area contributed by atoms with Crippen molar-refractivity contribution in [3.05, 3.63) is 22.7 Å². The first-order valence-electron chi connectivity index (χ1n) is 4.83. The smallest absolute Gasteiger partial charge is 0.179 e. The molecule has 0 radical (unpaired) electrons. The third kappa shape index (κ3) is 3.02. The molecule has 16 heavy (non-hydrogen) atoms. The van der Waals surface area contributed by atoms with Crippen molar-refractivity contribution >= 4 is 11.6 Å². The molecule has 1 N–H and O–H groups in total. The Morgan fingerprint density at radius 1 is 1.44 bits per heavy atom. The third-order valence-corrected chi connectivity index (χ3v) is 2.06. The zero-order valence-electron chi connectivity index (χ0n) is 8.86. The summed E-state index contributed by atoms with van der Waals surface area (Å²) in [6.45, 7) is 2.29. The fourth-order valence-corrected chi connectivity index (χ4v) is 1.45. The van der Waals surface area contributed by atoms with Gasteiger partial charge < -0.3 is 14.6 Å². The highest BCUT2D eigenvalue weighted by molar-refractivity contribution is 6.32. The van der Waals surface area contributed by atoms with Gasteiger partial charge in [-0.2, -0.15) is 5.26 Å². The molecular weight excluding hydrogens is 230 g/mol. The minimum atomic E-state index is -0.109. The summed E-state index contributed by atoms with van der Waals surface area (Å²) in [5.74, 6) is 0.775. The molecule has 0 saturated carbocycles. The molecule has 0 aromatic heterocycles. The van der Waals surface area contributed by atoms with Gasteiger partial charge in [0.2, 0.25) is 0 Å². The summed E-state index contributed by atoms with van der Waals surface area (Å²) in [5.41, 5.74) is 0.407. The van der Waals surface area contributed by atoms with Crippen LogP contribution < -0.4 is 9.47 Å². The number of aliphatic hydroxyl groups is 1. The molecule has 1 rings (SSSR count). The molecule has 0 atom stereocenters. The molecule has 0 bridgehead atoms. The number of rotatable bonds is 5. The minimum Gasteiger partial charge on any atom is -0.490 e. The first kappa shape index (κ1) is 12.6. The van der Waals surface area contributed by atoms with E-state index in [9.17, 15) is 0 Å². The molecule has 0 aliphatic carbocycles. The van der Waals surface area contributed by atoms with Gasteiger partial charge in [0.25, 0.3) is 0 Å². The van der Waals surface area contributed by atoms with Crippen molar-refractivity contribution < 1.29 is 14.6 Å². The highest BCUT2D eigenvalue weighted by Gasteiger charge is 2.12. The number of halogens is 1. The highest BCUT2D eigenvalue weighted by atomic mass is 35.5. The van der Waals surface area contributed by atoms with Crippen LogP contribution in [0.1, 0.15) is 12.5 Å². The van der Waals surface area contributed by atoms with Crippen LogP contribution in [-0.2, 0) is 0 Å². The predicted molar refractivity (Wildman–Crippen MR) is 59.9 cm³/mol. The van der Waals surface area contributed by atoms with E-state index in [-0.39, 0.29) is 13.2 Å². The van der Waals surface area contributed by atoms with Gasteiger partial charge in [-0.25, -0.2) is 0 Å². The van der Waals surface area contributed by atoms with Gasteiger partial charge in [-0.1, -0.05) is 11.6 Å². The number of aliphatic hydroxyl groups excluding tert-OH is 1. The van der Waals surface area contributed by atoms with E-state index in [1.165, 1.54) is 6.07 Å². The van der Waals surface area contributed by atoms with Crippen LogP contribution in [0.3, 0.4) is 0 Å². The molecule has 0 aliphatic rings. The van der Waals surface area contributed by atoms with Crippen LogP contribution in [0.25, 0.3) is 0 Å². The Bertz CT molecular complexity index is 401. The van der Waals surface area contributed by atoms with E-state index >= 15 is 0 Å². The van der Waals surface area contributed by atoms with Crippen molar-refractivity contribution in [1.29, 1.82) is 5.26 Å². The lowest BCUT2D eigenvalue weighted by Crippen LogP contribution is -2.04. The van der Waals surface area contributed by atoms with E-state index in [4.69, 9.17) is 31.4 Å². The SMILES string of the molecule is CCOc1cc(C#N)cc(Cl)c1OCCO. The molecule has 86 valence electrons. The van der Waals surface area contributed by atoms with E-state index in [0.29, 0.717) is 28.7 Å². The van der Waals surface area contributed by atoms with Crippen LogP contribution in [0, 0.1) is 11.3 Å². The average molecular weight is 242 g/mol. The van der Waals surface area contributed by atoms with Crippen molar-refractivity contribution in [1.82, 2.24) is 0 Å². The summed E-state index contributed by atoms with van der Waals surface area (Å²) in [4.78, 5) is 0. The maximum absolute atomic E-state index is 8.78. The second-order valence-corrected chi connectivity index (χ2v) is 3.31. The summed E-state index contributed by atoms with van der Waals surface area (Å²) in [6, 6.07) is 5.03. The monoisotopic (exact) mass is 241 g/mol. The van der Waals surface area contributed by atoms with Crippen molar-refractivity contribution in [3.63, 3.8) is 0 Å². The summed E-state index contributed by atoms with van der Waals surface area (Å²) in [5, 5.41) is 17.8. The van der Waals surface area contributed by atoms with E-state index in [2.05, 4.69) is 0 Å². The summed E-state index contributed by atoms with van der Waals surface area (Å²) in [6.07, 6.45) is 0. The van der Waals surface area contributed by atoms with Gasteiger partial charge in [0.15, 0.2) is 11.5 Å². The number of nitrogens with zero attached hydrogens (tertiary/aromatic N) is 1. The zero-order valence-corrected chi connectivity index (χ0v) is 9.62. The van der Waals surface area contributed by atoms with Crippen molar-refractivity contribution in [2.75, 3.05) is 19.8 Å². The van der Waals surface area contributed by atoms with Gasteiger partial charge >= 0.3 is 0 Å². The van der Waals surface area contributed by atoms with Crippen LogP contribution in [0.4, 0.5) is 0 Å². The van der Waals surface area contributed by atoms with Gasteiger partial charge in [0.05, 0.1) is 29.9 Å². The number of hydrogen-bond donors (Lipinski definition) is 1. The molecule has 1 aromatic carbocycles. The minimum absolute atomic E-state index is 0.109. The second-order valence-electron chi connectivity index (χ2n) is 2.90. The molecule has 0 unspecified atom stereocenters. The highest BCUT2D eigenvalue weighted by Crippen LogP contribution is 2.36. The molecule has 0 amide bonds. The van der Waals surface area contributed by atoms with Crippen LogP contribution in [0.2, 0.25) is 5.02 Å². The third-order valence-electron chi connectivity index (χ3n) is 1.78. The van der Waals surface area contributed by atoms with Gasteiger partial charge in [-0.3, -0.25) is 0 Å². The van der Waals surface area contributed by atoms with E-state index in [0.717, 1.165) is 0 Å². The maximum Gasteiger partial charge on any atom is 0.179 e. The Labute approximate surface area is 99.0 Å². The molecule has 0 spiro atoms. The van der Waals surface area contributed by atoms with Gasteiger partial charge in [-0.05, 0) is 13.0 Å². The first-order chi connectivity index (χ1) is 7.72. The van der Waals surface area contributed by atoms with Crippen LogP contribution in [-0.4, -0.2) is 24.9 Å². The summed E-state index contributed by atoms with van der Waals surface area (Å²) >= 11 is 5.95. The van der Waals surface area contributed by atoms with E-state index in [1.54, 1.807) is 6.07 Å². The largest absolute Gasteiger partial charge is 0.490 e. The standard InChI is InChI=1S/C11H12ClNO3/c1-2-15-10-6-8(7-13)5-9(12)11(10)16-4-3-14/h5-6,14H,2-4H2,1H3. The Kier molecular flexibility index (Phi) is 4.90. The number of hydrogen-bond acceptors (Lipinski definition) is 4. The van der Waals surface area contributed by atoms with Crippen LogP contribution in [0.5, 0.6) is 11.5 Å². The molecule has 1 aromatic rings. The lowest BCUT2D eigenvalue weighted by molar-refractivity contribution is 0.194. The predicted octanol–water partition coefficient (Wildman–Crippen LogP) is 1.98. The van der Waals surface area contributed by atoms with Crippen LogP contribution >= 0.6 is 11.6 Å². The lowest BCUT2D eigenvalue weighted by atomic mass is 10.2. The fraction of sp³-hybridized carbons (Fsp3) is 0.364. The number of nitriles is 1. The van der Waals surface area contributed by atoms with Crippen molar-refractivity contribution in [3.8, 4) is 17.6 Å². The van der Waals surface area contributed by atoms with E-state index in [1.807, 2.05) is 13.0 Å². The zero-order chi connectivity index (χ0) is 12.0. The Balaban J connectivity index is 3.07. The Morgan fingerprint density at radius 2 is 2.19 bits per heavy atom. The average Bonchev–Trinajstić information content (AvgIpc) is 2.28. The molecule has 5 heteroatoms. The van der Waals surface area contributed by atoms with Crippen molar-refractivity contribution in [2.24, 2.45) is 0 Å². The normalized spacial score (nSPS) is 9.62. The van der Waals surface area contributed by atoms with Gasteiger partial charge in [0, 0.05) is 6.07 Å². The van der Waals surface area contributed by atoms with Crippen molar-refractivity contribution in [2.45, 2.75) is 6.92 Å².